The van der Waals surface area contributed by atoms with Gasteiger partial charge in [-0.1, -0.05) is 0 Å². The summed E-state index contributed by atoms with van der Waals surface area (Å²) in [6.45, 7) is 2.88. The maximum atomic E-state index is 12.2. The molecule has 2 rings (SSSR count). The van der Waals surface area contributed by atoms with E-state index in [0.717, 1.165) is 0 Å². The number of hydrogen-bond acceptors (Lipinski definition) is 5. The second-order valence-corrected chi connectivity index (χ2v) is 5.45. The molecule has 2 aliphatic heterocycles. The van der Waals surface area contributed by atoms with Crippen LogP contribution in [0, 0.1) is 0 Å². The Morgan fingerprint density at radius 3 is 2.38 bits per heavy atom. The van der Waals surface area contributed by atoms with Crippen molar-refractivity contribution in [3.8, 4) is 0 Å². The molecule has 8 nitrogen and oxygen atoms in total. The lowest BCUT2D eigenvalue weighted by molar-refractivity contribution is -0.131. The van der Waals surface area contributed by atoms with Crippen molar-refractivity contribution < 1.29 is 14.4 Å². The van der Waals surface area contributed by atoms with Gasteiger partial charge in [-0.15, -0.1) is 0 Å². The van der Waals surface area contributed by atoms with Gasteiger partial charge in [0.05, 0.1) is 6.54 Å². The van der Waals surface area contributed by atoms with E-state index in [1.807, 2.05) is 4.90 Å². The number of carbonyl (C=O) groups is 3. The number of carbonyl (C=O) groups excluding carboxylic acids is 3. The minimum absolute atomic E-state index is 0.0640. The number of nitrogens with one attached hydrogen (secondary N) is 1. The summed E-state index contributed by atoms with van der Waals surface area (Å²) in [6.07, 6.45) is 0.700. The number of rotatable bonds is 3. The zero-order valence-corrected chi connectivity index (χ0v) is 12.5. The number of nitrogens with zero attached hydrogens (tertiary/aromatic N) is 4. The highest BCUT2D eigenvalue weighted by Crippen LogP contribution is 2.07. The summed E-state index contributed by atoms with van der Waals surface area (Å²) >= 11 is 0. The van der Waals surface area contributed by atoms with E-state index in [9.17, 15) is 14.4 Å². The molecule has 0 spiro atoms. The van der Waals surface area contributed by atoms with Crippen LogP contribution in [0.2, 0.25) is 0 Å². The van der Waals surface area contributed by atoms with Crippen LogP contribution in [0.5, 0.6) is 0 Å². The van der Waals surface area contributed by atoms with Crippen LogP contribution >= 0.6 is 0 Å². The van der Waals surface area contributed by atoms with E-state index < -0.39 is 0 Å². The van der Waals surface area contributed by atoms with Gasteiger partial charge in [-0.2, -0.15) is 5.10 Å². The van der Waals surface area contributed by atoms with Gasteiger partial charge in [0.1, 0.15) is 5.71 Å². The van der Waals surface area contributed by atoms with Crippen LogP contribution in [0.25, 0.3) is 0 Å². The van der Waals surface area contributed by atoms with E-state index in [1.54, 1.807) is 23.9 Å². The molecule has 1 saturated heterocycles. The highest BCUT2D eigenvalue weighted by molar-refractivity contribution is 6.39. The van der Waals surface area contributed by atoms with Crippen LogP contribution < -0.4 is 5.43 Å². The van der Waals surface area contributed by atoms with Crippen molar-refractivity contribution in [1.82, 2.24) is 20.1 Å². The summed E-state index contributed by atoms with van der Waals surface area (Å²) in [7, 11) is 3.47. The Morgan fingerprint density at radius 2 is 1.86 bits per heavy atom. The van der Waals surface area contributed by atoms with Crippen molar-refractivity contribution in [2.45, 2.75) is 12.8 Å². The molecule has 0 aromatic heterocycles. The Labute approximate surface area is 123 Å². The van der Waals surface area contributed by atoms with Crippen molar-refractivity contribution in [3.05, 3.63) is 0 Å². The van der Waals surface area contributed by atoms with E-state index in [-0.39, 0.29) is 17.7 Å². The largest absolute Gasteiger partial charge is 0.348 e. The Bertz CT molecular complexity index is 466. The number of hydrogen-bond donors (Lipinski definition) is 1. The van der Waals surface area contributed by atoms with Crippen molar-refractivity contribution in [2.75, 3.05) is 46.8 Å². The van der Waals surface area contributed by atoms with E-state index in [2.05, 4.69) is 10.5 Å². The first kappa shape index (κ1) is 15.4. The second-order valence-electron chi connectivity index (χ2n) is 5.45. The van der Waals surface area contributed by atoms with Gasteiger partial charge in [-0.05, 0) is 0 Å². The molecule has 0 unspecified atom stereocenters. The van der Waals surface area contributed by atoms with Crippen LogP contribution in [-0.2, 0) is 14.4 Å². The first-order valence-electron chi connectivity index (χ1n) is 7.04. The van der Waals surface area contributed by atoms with Gasteiger partial charge in [0.15, 0.2) is 0 Å². The maximum absolute atomic E-state index is 12.2. The first-order valence-corrected chi connectivity index (χ1v) is 7.04. The topological polar surface area (TPSA) is 85.3 Å². The molecule has 0 aromatic carbocycles. The van der Waals surface area contributed by atoms with Crippen LogP contribution in [0.4, 0.5) is 0 Å². The van der Waals surface area contributed by atoms with Gasteiger partial charge >= 0.3 is 0 Å². The Kier molecular flexibility index (Phi) is 4.89. The van der Waals surface area contributed by atoms with Gasteiger partial charge in [0.2, 0.25) is 11.8 Å². The molecule has 2 aliphatic rings. The van der Waals surface area contributed by atoms with Crippen molar-refractivity contribution in [3.63, 3.8) is 0 Å². The standard InChI is InChI=1S/C13H21N5O3/c1-16(2)12(20)9-17-5-7-18(8-6-17)13(21)10-3-4-11(19)15-14-10/h3-9H2,1-2H3,(H,15,19). The third-order valence-electron chi connectivity index (χ3n) is 3.67. The van der Waals surface area contributed by atoms with Crippen LogP contribution in [0.15, 0.2) is 5.10 Å². The molecule has 3 amide bonds. The fourth-order valence-corrected chi connectivity index (χ4v) is 2.25. The lowest BCUT2D eigenvalue weighted by atomic mass is 10.1. The normalized spacial score (nSPS) is 19.8. The fraction of sp³-hybridized carbons (Fsp3) is 0.692. The van der Waals surface area contributed by atoms with Gasteiger partial charge in [0, 0.05) is 53.1 Å². The van der Waals surface area contributed by atoms with Crippen molar-refractivity contribution >= 4 is 23.4 Å². The molecule has 2 heterocycles. The average molecular weight is 295 g/mol. The summed E-state index contributed by atoms with van der Waals surface area (Å²) in [5.41, 5.74) is 2.75. The summed E-state index contributed by atoms with van der Waals surface area (Å²) in [5.74, 6) is -0.207. The molecule has 1 fully saturated rings. The van der Waals surface area contributed by atoms with Gasteiger partial charge in [-0.25, -0.2) is 5.43 Å². The van der Waals surface area contributed by atoms with Crippen LogP contribution in [0.3, 0.4) is 0 Å². The summed E-state index contributed by atoms with van der Waals surface area (Å²) in [6, 6.07) is 0. The van der Waals surface area contributed by atoms with E-state index in [0.29, 0.717) is 51.3 Å². The molecule has 0 radical (unpaired) electrons. The number of piperazine rings is 1. The molecule has 1 N–H and O–H groups in total. The summed E-state index contributed by atoms with van der Waals surface area (Å²) in [4.78, 5) is 40.3. The smallest absolute Gasteiger partial charge is 0.270 e. The molecule has 0 saturated carbocycles. The number of likely N-dealkylation sites (N-methyl/N-ethyl adjacent to an activating group) is 1. The Hall–Kier alpha value is -1.96. The lowest BCUT2D eigenvalue weighted by Crippen LogP contribution is -2.53. The molecule has 0 aliphatic carbocycles. The van der Waals surface area contributed by atoms with Crippen molar-refractivity contribution in [1.29, 1.82) is 0 Å². The number of hydrazone groups is 1. The quantitative estimate of drug-likeness (QED) is 0.685. The Balaban J connectivity index is 1.82. The zero-order valence-electron chi connectivity index (χ0n) is 12.5. The molecular weight excluding hydrogens is 274 g/mol. The highest BCUT2D eigenvalue weighted by atomic mass is 16.2. The molecule has 0 atom stereocenters. The molecule has 0 bridgehead atoms. The predicted octanol–water partition coefficient (Wildman–Crippen LogP) is -1.52. The van der Waals surface area contributed by atoms with Gasteiger partial charge in [0.25, 0.3) is 5.91 Å². The summed E-state index contributed by atoms with van der Waals surface area (Å²) in [5, 5.41) is 3.83. The Morgan fingerprint density at radius 1 is 1.19 bits per heavy atom. The number of amides is 3. The SMILES string of the molecule is CN(C)C(=O)CN1CCN(C(=O)C2=NNC(=O)CC2)CC1. The minimum Gasteiger partial charge on any atom is -0.348 e. The van der Waals surface area contributed by atoms with E-state index in [4.69, 9.17) is 0 Å². The van der Waals surface area contributed by atoms with E-state index in [1.165, 1.54) is 0 Å². The molecular formula is C13H21N5O3. The maximum Gasteiger partial charge on any atom is 0.270 e. The third-order valence-corrected chi connectivity index (χ3v) is 3.67. The van der Waals surface area contributed by atoms with Crippen molar-refractivity contribution in [2.24, 2.45) is 5.10 Å². The predicted molar refractivity (Wildman–Crippen MR) is 76.5 cm³/mol. The molecule has 21 heavy (non-hydrogen) atoms. The lowest BCUT2D eigenvalue weighted by Gasteiger charge is -2.35. The summed E-state index contributed by atoms with van der Waals surface area (Å²) < 4.78 is 0. The zero-order chi connectivity index (χ0) is 15.4. The van der Waals surface area contributed by atoms with E-state index >= 15 is 0 Å². The molecule has 0 aromatic rings. The monoisotopic (exact) mass is 295 g/mol. The minimum atomic E-state index is -0.154. The second kappa shape index (κ2) is 6.66. The van der Waals surface area contributed by atoms with Gasteiger partial charge in [-0.3, -0.25) is 19.3 Å². The molecule has 8 heteroatoms. The van der Waals surface area contributed by atoms with Gasteiger partial charge < -0.3 is 9.80 Å². The fourth-order valence-electron chi connectivity index (χ4n) is 2.25. The average Bonchev–Trinajstić information content (AvgIpc) is 2.48. The first-order chi connectivity index (χ1) is 9.97. The van der Waals surface area contributed by atoms with Crippen LogP contribution in [0.1, 0.15) is 12.8 Å². The highest BCUT2D eigenvalue weighted by Gasteiger charge is 2.27. The third kappa shape index (κ3) is 4.01. The molecule has 116 valence electrons. The van der Waals surface area contributed by atoms with Crippen LogP contribution in [-0.4, -0.2) is 85.0 Å².